The second kappa shape index (κ2) is 8.52. The van der Waals surface area contributed by atoms with Crippen molar-refractivity contribution in [1.29, 1.82) is 0 Å². The van der Waals surface area contributed by atoms with Crippen LogP contribution in [0.2, 0.25) is 0 Å². The van der Waals surface area contributed by atoms with Crippen LogP contribution >= 0.6 is 0 Å². The maximum absolute atomic E-state index is 13.1. The fourth-order valence-electron chi connectivity index (χ4n) is 5.04. The van der Waals surface area contributed by atoms with E-state index in [0.29, 0.717) is 49.6 Å². The Morgan fingerprint density at radius 1 is 1.26 bits per heavy atom. The van der Waals surface area contributed by atoms with Crippen LogP contribution in [0.1, 0.15) is 61.9 Å². The maximum atomic E-state index is 13.1. The van der Waals surface area contributed by atoms with Gasteiger partial charge >= 0.3 is 0 Å². The first kappa shape index (κ1) is 21.7. The highest BCUT2D eigenvalue weighted by Gasteiger charge is 2.42. The molecule has 0 radical (unpaired) electrons. The van der Waals surface area contributed by atoms with Crippen LogP contribution in [0.3, 0.4) is 0 Å². The summed E-state index contributed by atoms with van der Waals surface area (Å²) in [7, 11) is 0. The molecule has 3 unspecified atom stereocenters. The summed E-state index contributed by atoms with van der Waals surface area (Å²) in [5.74, 6) is 0.927. The van der Waals surface area contributed by atoms with E-state index < -0.39 is 11.6 Å². The molecule has 0 bridgehead atoms. The zero-order valence-corrected chi connectivity index (χ0v) is 18.8. The minimum Gasteiger partial charge on any atom is -0.485 e. The second-order valence-electron chi connectivity index (χ2n) is 9.51. The van der Waals surface area contributed by atoms with E-state index in [1.165, 1.54) is 0 Å². The van der Waals surface area contributed by atoms with E-state index in [-0.39, 0.29) is 17.7 Å². The van der Waals surface area contributed by atoms with E-state index in [4.69, 9.17) is 4.74 Å². The quantitative estimate of drug-likeness (QED) is 0.787. The molecule has 3 aliphatic rings. The van der Waals surface area contributed by atoms with E-state index in [2.05, 4.69) is 12.2 Å². The van der Waals surface area contributed by atoms with Crippen molar-refractivity contribution in [3.8, 4) is 5.75 Å². The molecular formula is C24H33N3O4. The molecule has 4 rings (SSSR count). The number of nitrogens with one attached hydrogen (secondary N) is 1. The Balaban J connectivity index is 1.50. The van der Waals surface area contributed by atoms with Crippen LogP contribution in [0.4, 0.5) is 0 Å². The molecule has 31 heavy (non-hydrogen) atoms. The monoisotopic (exact) mass is 427 g/mol. The third-order valence-electron chi connectivity index (χ3n) is 6.99. The summed E-state index contributed by atoms with van der Waals surface area (Å²) in [5.41, 5.74) is 0.880. The van der Waals surface area contributed by atoms with Gasteiger partial charge < -0.3 is 19.9 Å². The topological polar surface area (TPSA) is 79.0 Å². The summed E-state index contributed by atoms with van der Waals surface area (Å²) < 4.78 is 6.40. The van der Waals surface area contributed by atoms with Gasteiger partial charge in [0.05, 0.1) is 12.1 Å². The van der Waals surface area contributed by atoms with E-state index in [1.807, 2.05) is 36.9 Å². The van der Waals surface area contributed by atoms with Gasteiger partial charge in [0.15, 0.2) is 0 Å². The predicted octanol–water partition coefficient (Wildman–Crippen LogP) is 2.52. The van der Waals surface area contributed by atoms with Gasteiger partial charge in [-0.2, -0.15) is 0 Å². The first-order valence-corrected chi connectivity index (χ1v) is 11.4. The number of nitrogens with zero attached hydrogens (tertiary/aromatic N) is 2. The minimum absolute atomic E-state index is 0.0221. The Morgan fingerprint density at radius 2 is 2.06 bits per heavy atom. The van der Waals surface area contributed by atoms with Gasteiger partial charge in [-0.15, -0.1) is 0 Å². The Bertz CT molecular complexity index is 886. The molecule has 3 amide bonds. The summed E-state index contributed by atoms with van der Waals surface area (Å²) in [4.78, 5) is 42.3. The second-order valence-corrected chi connectivity index (χ2v) is 9.51. The van der Waals surface area contributed by atoms with Crippen LogP contribution in [0.25, 0.3) is 0 Å². The van der Waals surface area contributed by atoms with E-state index in [1.54, 1.807) is 4.90 Å². The van der Waals surface area contributed by atoms with Crippen molar-refractivity contribution in [2.24, 2.45) is 5.92 Å². The fourth-order valence-corrected chi connectivity index (χ4v) is 5.04. The average Bonchev–Trinajstić information content (AvgIpc) is 3.00. The molecule has 1 aromatic rings. The SMILES string of the molecule is Cc1ccc2c(c1)C(=O)NCC1(CCC(=O)N(C(C)C(=O)N3CCCC(C)C3)CC1)O2. The van der Waals surface area contributed by atoms with Crippen LogP contribution in [-0.2, 0) is 9.59 Å². The number of carbonyl (C=O) groups is 3. The fraction of sp³-hybridized carbons (Fsp3) is 0.625. The lowest BCUT2D eigenvalue weighted by atomic mass is 9.94. The summed E-state index contributed by atoms with van der Waals surface area (Å²) in [6.45, 7) is 8.27. The first-order valence-electron chi connectivity index (χ1n) is 11.4. The minimum atomic E-state index is -0.650. The van der Waals surface area contributed by atoms with Gasteiger partial charge in [-0.3, -0.25) is 14.4 Å². The Labute approximate surface area is 184 Å². The van der Waals surface area contributed by atoms with Gasteiger partial charge in [-0.05, 0) is 51.2 Å². The average molecular weight is 428 g/mol. The number of hydrogen-bond acceptors (Lipinski definition) is 4. The number of amides is 3. The van der Waals surface area contributed by atoms with E-state index >= 15 is 0 Å². The predicted molar refractivity (Wildman–Crippen MR) is 117 cm³/mol. The molecule has 7 nitrogen and oxygen atoms in total. The molecule has 3 atom stereocenters. The van der Waals surface area contributed by atoms with Crippen molar-refractivity contribution in [2.75, 3.05) is 26.2 Å². The molecule has 1 aromatic carbocycles. The zero-order valence-electron chi connectivity index (χ0n) is 18.8. The molecule has 168 valence electrons. The maximum Gasteiger partial charge on any atom is 0.255 e. The molecule has 2 saturated heterocycles. The summed E-state index contributed by atoms with van der Waals surface area (Å²) >= 11 is 0. The van der Waals surface area contributed by atoms with Crippen LogP contribution < -0.4 is 10.1 Å². The number of carbonyl (C=O) groups excluding carboxylic acids is 3. The van der Waals surface area contributed by atoms with E-state index in [0.717, 1.165) is 31.5 Å². The van der Waals surface area contributed by atoms with Crippen LogP contribution in [0, 0.1) is 12.8 Å². The van der Waals surface area contributed by atoms with Crippen molar-refractivity contribution in [2.45, 2.75) is 64.5 Å². The van der Waals surface area contributed by atoms with Crippen LogP contribution in [0.5, 0.6) is 5.75 Å². The number of fused-ring (bicyclic) bond motifs is 1. The van der Waals surface area contributed by atoms with Gasteiger partial charge in [0.1, 0.15) is 17.4 Å². The normalized spacial score (nSPS) is 27.6. The van der Waals surface area contributed by atoms with Crippen molar-refractivity contribution < 1.29 is 19.1 Å². The number of benzene rings is 1. The number of hydrogen-bond donors (Lipinski definition) is 1. The highest BCUT2D eigenvalue weighted by atomic mass is 16.5. The number of piperidine rings is 1. The molecule has 3 aliphatic heterocycles. The van der Waals surface area contributed by atoms with E-state index in [9.17, 15) is 14.4 Å². The molecule has 3 heterocycles. The third-order valence-corrected chi connectivity index (χ3v) is 6.99. The van der Waals surface area contributed by atoms with Crippen molar-refractivity contribution in [1.82, 2.24) is 15.1 Å². The molecule has 7 heteroatoms. The largest absolute Gasteiger partial charge is 0.485 e. The molecule has 0 saturated carbocycles. The molecule has 2 fully saturated rings. The van der Waals surface area contributed by atoms with Gasteiger partial charge in [-0.1, -0.05) is 18.6 Å². The van der Waals surface area contributed by atoms with Gasteiger partial charge in [0.25, 0.3) is 5.91 Å². The molecular weight excluding hydrogens is 394 g/mol. The number of rotatable bonds is 2. The Morgan fingerprint density at radius 3 is 2.84 bits per heavy atom. The lowest BCUT2D eigenvalue weighted by Gasteiger charge is -2.36. The summed E-state index contributed by atoms with van der Waals surface area (Å²) in [6.07, 6.45) is 3.54. The highest BCUT2D eigenvalue weighted by molar-refractivity contribution is 5.97. The lowest BCUT2D eigenvalue weighted by Crippen LogP contribution is -2.52. The number of likely N-dealkylation sites (tertiary alicyclic amines) is 2. The number of aryl methyl sites for hydroxylation is 1. The van der Waals surface area contributed by atoms with Crippen LogP contribution in [-0.4, -0.2) is 65.3 Å². The van der Waals surface area contributed by atoms with Gasteiger partial charge in [0.2, 0.25) is 11.8 Å². The van der Waals surface area contributed by atoms with Gasteiger partial charge in [-0.25, -0.2) is 0 Å². The van der Waals surface area contributed by atoms with Gasteiger partial charge in [0, 0.05) is 32.5 Å². The molecule has 0 aliphatic carbocycles. The number of ether oxygens (including phenoxy) is 1. The Hall–Kier alpha value is -2.57. The smallest absolute Gasteiger partial charge is 0.255 e. The van der Waals surface area contributed by atoms with Crippen molar-refractivity contribution >= 4 is 17.7 Å². The first-order chi connectivity index (χ1) is 14.8. The summed E-state index contributed by atoms with van der Waals surface area (Å²) in [6, 6.07) is 5.12. The van der Waals surface area contributed by atoms with Crippen LogP contribution in [0.15, 0.2) is 18.2 Å². The molecule has 1 N–H and O–H groups in total. The highest BCUT2D eigenvalue weighted by Crippen LogP contribution is 2.34. The third kappa shape index (κ3) is 4.41. The zero-order chi connectivity index (χ0) is 22.2. The molecule has 0 aromatic heterocycles. The van der Waals surface area contributed by atoms with Crippen molar-refractivity contribution in [3.63, 3.8) is 0 Å². The van der Waals surface area contributed by atoms with Crippen molar-refractivity contribution in [3.05, 3.63) is 29.3 Å². The summed E-state index contributed by atoms with van der Waals surface area (Å²) in [5, 5.41) is 2.99. The Kier molecular flexibility index (Phi) is 5.95. The molecule has 1 spiro atoms. The standard InChI is InChI=1S/C24H33N3O4/c1-16-6-7-20-19(13-16)22(29)25-15-24(31-20)9-8-21(28)27(12-10-24)18(3)23(30)26-11-4-5-17(2)14-26/h6-7,13,17-18H,4-5,8-12,14-15H2,1-3H3,(H,25,29). The lowest BCUT2D eigenvalue weighted by molar-refractivity contribution is -0.145.